The number of primary amides is 1. The molecule has 0 spiro atoms. The van der Waals surface area contributed by atoms with Gasteiger partial charge >= 0.3 is 0 Å². The van der Waals surface area contributed by atoms with Gasteiger partial charge in [0.25, 0.3) is 5.91 Å². The Balaban J connectivity index is 2.42. The summed E-state index contributed by atoms with van der Waals surface area (Å²) in [5, 5.41) is 4.17. The average molecular weight is 247 g/mol. The number of hydrogen-bond donors (Lipinski definition) is 1. The van der Waals surface area contributed by atoms with Crippen LogP contribution in [0.5, 0.6) is 0 Å². The van der Waals surface area contributed by atoms with Crippen molar-refractivity contribution in [1.29, 1.82) is 0 Å². The Morgan fingerprint density at radius 1 is 1.35 bits per heavy atom. The number of benzene rings is 1. The van der Waals surface area contributed by atoms with Crippen LogP contribution in [0.15, 0.2) is 35.4 Å². The molecule has 1 aromatic carbocycles. The predicted molar refractivity (Wildman–Crippen MR) is 68.6 cm³/mol. The Hall–Kier alpha value is -1.75. The lowest BCUT2D eigenvalue weighted by atomic mass is 10.2. The Bertz CT molecular complexity index is 545. The molecule has 0 aliphatic heterocycles. The van der Waals surface area contributed by atoms with E-state index in [2.05, 4.69) is 5.10 Å². The molecule has 0 saturated carbocycles. The van der Waals surface area contributed by atoms with Gasteiger partial charge in [0.05, 0.1) is 23.1 Å². The lowest BCUT2D eigenvalue weighted by molar-refractivity contribution is 0.0999. The van der Waals surface area contributed by atoms with E-state index in [1.807, 2.05) is 37.4 Å². The van der Waals surface area contributed by atoms with Crippen molar-refractivity contribution in [2.45, 2.75) is 11.8 Å². The third kappa shape index (κ3) is 2.19. The molecule has 2 aromatic rings. The van der Waals surface area contributed by atoms with Gasteiger partial charge in [-0.1, -0.05) is 0 Å². The average Bonchev–Trinajstić information content (AvgIpc) is 2.71. The fourth-order valence-electron chi connectivity index (χ4n) is 1.64. The van der Waals surface area contributed by atoms with Crippen molar-refractivity contribution >= 4 is 17.7 Å². The maximum absolute atomic E-state index is 11.1. The van der Waals surface area contributed by atoms with E-state index in [-0.39, 0.29) is 0 Å². The van der Waals surface area contributed by atoms with Crippen LogP contribution in [-0.4, -0.2) is 21.9 Å². The van der Waals surface area contributed by atoms with E-state index in [9.17, 15) is 4.79 Å². The minimum absolute atomic E-state index is 0.450. The van der Waals surface area contributed by atoms with Gasteiger partial charge in [-0.3, -0.25) is 4.79 Å². The van der Waals surface area contributed by atoms with E-state index < -0.39 is 5.91 Å². The quantitative estimate of drug-likeness (QED) is 0.844. The van der Waals surface area contributed by atoms with Gasteiger partial charge < -0.3 is 5.73 Å². The number of aromatic nitrogens is 2. The molecule has 1 aromatic heterocycles. The zero-order valence-electron chi connectivity index (χ0n) is 9.68. The molecule has 2 rings (SSSR count). The van der Waals surface area contributed by atoms with Gasteiger partial charge in [-0.2, -0.15) is 5.10 Å². The minimum atomic E-state index is -0.450. The highest BCUT2D eigenvalue weighted by Crippen LogP contribution is 2.18. The van der Waals surface area contributed by atoms with E-state index in [1.54, 1.807) is 16.4 Å². The van der Waals surface area contributed by atoms with Crippen LogP contribution in [0.4, 0.5) is 0 Å². The highest BCUT2D eigenvalue weighted by Gasteiger charge is 2.11. The molecule has 4 nitrogen and oxygen atoms in total. The Morgan fingerprint density at radius 2 is 2.00 bits per heavy atom. The summed E-state index contributed by atoms with van der Waals surface area (Å²) in [7, 11) is 0. The van der Waals surface area contributed by atoms with Crippen molar-refractivity contribution in [2.24, 2.45) is 5.73 Å². The number of rotatable bonds is 3. The molecule has 0 bridgehead atoms. The first-order chi connectivity index (χ1) is 8.13. The summed E-state index contributed by atoms with van der Waals surface area (Å²) < 4.78 is 1.71. The van der Waals surface area contributed by atoms with Crippen molar-refractivity contribution in [2.75, 3.05) is 6.26 Å². The first-order valence-corrected chi connectivity index (χ1v) is 6.35. The molecule has 0 unspecified atom stereocenters. The van der Waals surface area contributed by atoms with Crippen LogP contribution in [0.2, 0.25) is 0 Å². The molecule has 5 heteroatoms. The van der Waals surface area contributed by atoms with Crippen LogP contribution in [0, 0.1) is 6.92 Å². The van der Waals surface area contributed by atoms with Crippen LogP contribution in [0.25, 0.3) is 5.69 Å². The van der Waals surface area contributed by atoms with E-state index >= 15 is 0 Å². The van der Waals surface area contributed by atoms with Gasteiger partial charge in [-0.15, -0.1) is 11.8 Å². The molecular formula is C12H13N3OS. The van der Waals surface area contributed by atoms with Crippen molar-refractivity contribution in [1.82, 2.24) is 9.78 Å². The van der Waals surface area contributed by atoms with E-state index in [0.29, 0.717) is 5.56 Å². The predicted octanol–water partition coefficient (Wildman–Crippen LogP) is 2.00. The van der Waals surface area contributed by atoms with Crippen molar-refractivity contribution in [3.8, 4) is 5.69 Å². The van der Waals surface area contributed by atoms with Crippen molar-refractivity contribution < 1.29 is 4.79 Å². The standard InChI is InChI=1S/C12H13N3OS/c1-8-11(12(13)16)7-14-15(8)9-3-5-10(17-2)6-4-9/h3-7H,1-2H3,(H2,13,16). The second kappa shape index (κ2) is 4.63. The second-order valence-corrected chi connectivity index (χ2v) is 4.50. The van der Waals surface area contributed by atoms with Gasteiger partial charge in [0.2, 0.25) is 0 Å². The lowest BCUT2D eigenvalue weighted by Gasteiger charge is -2.05. The first kappa shape index (κ1) is 11.7. The smallest absolute Gasteiger partial charge is 0.252 e. The number of carbonyl (C=O) groups is 1. The van der Waals surface area contributed by atoms with Crippen LogP contribution in [0.1, 0.15) is 16.1 Å². The molecule has 1 amide bonds. The van der Waals surface area contributed by atoms with Crippen LogP contribution >= 0.6 is 11.8 Å². The Morgan fingerprint density at radius 3 is 2.47 bits per heavy atom. The van der Waals surface area contributed by atoms with Crippen molar-refractivity contribution in [3.63, 3.8) is 0 Å². The molecule has 0 fully saturated rings. The Labute approximate surface area is 104 Å². The number of carbonyl (C=O) groups excluding carboxylic acids is 1. The van der Waals surface area contributed by atoms with Gasteiger partial charge in [0.15, 0.2) is 0 Å². The summed E-state index contributed by atoms with van der Waals surface area (Å²) >= 11 is 1.68. The third-order valence-corrected chi connectivity index (χ3v) is 3.34. The lowest BCUT2D eigenvalue weighted by Crippen LogP contribution is -2.12. The highest BCUT2D eigenvalue weighted by atomic mass is 32.2. The molecule has 0 atom stereocenters. The third-order valence-electron chi connectivity index (χ3n) is 2.59. The van der Waals surface area contributed by atoms with Crippen LogP contribution in [-0.2, 0) is 0 Å². The zero-order chi connectivity index (χ0) is 12.4. The number of nitrogens with two attached hydrogens (primary N) is 1. The normalized spacial score (nSPS) is 10.5. The Kier molecular flexibility index (Phi) is 3.19. The largest absolute Gasteiger partial charge is 0.365 e. The zero-order valence-corrected chi connectivity index (χ0v) is 10.5. The summed E-state index contributed by atoms with van der Waals surface area (Å²) in [5.74, 6) is -0.450. The minimum Gasteiger partial charge on any atom is -0.365 e. The highest BCUT2D eigenvalue weighted by molar-refractivity contribution is 7.98. The summed E-state index contributed by atoms with van der Waals surface area (Å²) in [5.41, 5.74) is 7.40. The summed E-state index contributed by atoms with van der Waals surface area (Å²) in [6.45, 7) is 1.83. The van der Waals surface area contributed by atoms with Gasteiger partial charge in [-0.25, -0.2) is 4.68 Å². The number of nitrogens with zero attached hydrogens (tertiary/aromatic N) is 2. The van der Waals surface area contributed by atoms with Gasteiger partial charge in [-0.05, 0) is 37.4 Å². The van der Waals surface area contributed by atoms with Crippen LogP contribution in [0.3, 0.4) is 0 Å². The first-order valence-electron chi connectivity index (χ1n) is 5.12. The summed E-state index contributed by atoms with van der Waals surface area (Å²) in [6, 6.07) is 7.98. The molecule has 0 radical (unpaired) electrons. The molecule has 2 N–H and O–H groups in total. The number of hydrogen-bond acceptors (Lipinski definition) is 3. The molecule has 0 aliphatic carbocycles. The molecule has 17 heavy (non-hydrogen) atoms. The number of thioether (sulfide) groups is 1. The summed E-state index contributed by atoms with van der Waals surface area (Å²) in [6.07, 6.45) is 3.53. The SMILES string of the molecule is CSc1ccc(-n2ncc(C(N)=O)c2C)cc1. The van der Waals surface area contributed by atoms with E-state index in [1.165, 1.54) is 11.1 Å². The number of amides is 1. The maximum atomic E-state index is 11.1. The second-order valence-electron chi connectivity index (χ2n) is 3.62. The molecule has 0 aliphatic rings. The molecule has 88 valence electrons. The molecule has 1 heterocycles. The fourth-order valence-corrected chi connectivity index (χ4v) is 2.04. The van der Waals surface area contributed by atoms with Crippen LogP contribution < -0.4 is 5.73 Å². The molecular weight excluding hydrogens is 234 g/mol. The van der Waals surface area contributed by atoms with Gasteiger partial charge in [0.1, 0.15) is 0 Å². The maximum Gasteiger partial charge on any atom is 0.252 e. The van der Waals surface area contributed by atoms with Gasteiger partial charge in [0, 0.05) is 4.90 Å². The van der Waals surface area contributed by atoms with E-state index in [4.69, 9.17) is 5.73 Å². The van der Waals surface area contributed by atoms with Crippen molar-refractivity contribution in [3.05, 3.63) is 41.7 Å². The fraction of sp³-hybridized carbons (Fsp3) is 0.167. The summed E-state index contributed by atoms with van der Waals surface area (Å²) in [4.78, 5) is 12.3. The monoisotopic (exact) mass is 247 g/mol. The topological polar surface area (TPSA) is 60.9 Å². The van der Waals surface area contributed by atoms with E-state index in [0.717, 1.165) is 11.4 Å². The molecule has 0 saturated heterocycles.